The quantitative estimate of drug-likeness (QED) is 0.381. The van der Waals surface area contributed by atoms with Crippen LogP contribution in [0.4, 0.5) is 20.4 Å². The van der Waals surface area contributed by atoms with Crippen LogP contribution in [0.1, 0.15) is 38.3 Å². The van der Waals surface area contributed by atoms with Gasteiger partial charge in [0.25, 0.3) is 0 Å². The van der Waals surface area contributed by atoms with Gasteiger partial charge in [0.05, 0.1) is 17.4 Å². The highest BCUT2D eigenvalue weighted by Crippen LogP contribution is 2.32. The second kappa shape index (κ2) is 10.5. The van der Waals surface area contributed by atoms with Crippen molar-refractivity contribution in [1.82, 2.24) is 34.5 Å². The topological polar surface area (TPSA) is 75.0 Å². The Kier molecular flexibility index (Phi) is 7.12. The van der Waals surface area contributed by atoms with Crippen molar-refractivity contribution in [3.8, 4) is 11.1 Å². The molecule has 1 saturated heterocycles. The Morgan fingerprint density at radius 2 is 1.70 bits per heavy atom. The van der Waals surface area contributed by atoms with Gasteiger partial charge in [0.2, 0.25) is 0 Å². The molecule has 1 aliphatic heterocycles. The zero-order chi connectivity index (χ0) is 26.1. The molecule has 1 N–H and O–H groups in total. The number of hydrogen-bond donors (Lipinski definition) is 1. The maximum atomic E-state index is 15.0. The van der Waals surface area contributed by atoms with Crippen LogP contribution in [-0.4, -0.2) is 67.3 Å². The lowest BCUT2D eigenvalue weighted by atomic mass is 10.0. The lowest BCUT2D eigenvalue weighted by Crippen LogP contribution is -2.45. The number of hydrogen-bond acceptors (Lipinski definition) is 7. The number of aryl methyl sites for hydroxylation is 1. The number of pyridine rings is 1. The van der Waals surface area contributed by atoms with E-state index in [2.05, 4.69) is 42.2 Å². The van der Waals surface area contributed by atoms with Gasteiger partial charge in [0.1, 0.15) is 23.0 Å². The number of halogens is 2. The summed E-state index contributed by atoms with van der Waals surface area (Å²) in [5, 5.41) is 11.7. The maximum Gasteiger partial charge on any atom is 0.154 e. The predicted molar refractivity (Wildman–Crippen MR) is 141 cm³/mol. The van der Waals surface area contributed by atoms with Crippen molar-refractivity contribution in [3.05, 3.63) is 59.7 Å². The molecule has 8 nitrogen and oxygen atoms in total. The molecule has 37 heavy (non-hydrogen) atoms. The Morgan fingerprint density at radius 1 is 0.946 bits per heavy atom. The lowest BCUT2D eigenvalue weighted by molar-refractivity contribution is 0.130. The first-order chi connectivity index (χ1) is 17.8. The van der Waals surface area contributed by atoms with E-state index in [1.807, 2.05) is 37.5 Å². The molecule has 0 bridgehead atoms. The summed E-state index contributed by atoms with van der Waals surface area (Å²) in [6.45, 7) is 14.0. The average molecular weight is 507 g/mol. The molecule has 4 aromatic rings. The molecule has 1 aromatic carbocycles. The first kappa shape index (κ1) is 25.2. The summed E-state index contributed by atoms with van der Waals surface area (Å²) >= 11 is 0. The van der Waals surface area contributed by atoms with Crippen LogP contribution in [0, 0.1) is 18.6 Å². The highest BCUT2D eigenvalue weighted by atomic mass is 19.1. The van der Waals surface area contributed by atoms with Gasteiger partial charge in [-0.25, -0.2) is 18.7 Å². The van der Waals surface area contributed by atoms with E-state index in [4.69, 9.17) is 0 Å². The smallest absolute Gasteiger partial charge is 0.154 e. The van der Waals surface area contributed by atoms with E-state index in [-0.39, 0.29) is 17.1 Å². The molecule has 5 rings (SSSR count). The van der Waals surface area contributed by atoms with Crippen molar-refractivity contribution in [1.29, 1.82) is 0 Å². The number of aromatic nitrogens is 5. The first-order valence-corrected chi connectivity index (χ1v) is 12.7. The lowest BCUT2D eigenvalue weighted by Gasteiger charge is -2.33. The van der Waals surface area contributed by atoms with E-state index in [1.165, 1.54) is 6.07 Å². The van der Waals surface area contributed by atoms with Crippen molar-refractivity contribution < 1.29 is 8.78 Å². The van der Waals surface area contributed by atoms with Crippen molar-refractivity contribution >= 4 is 22.7 Å². The van der Waals surface area contributed by atoms with Crippen LogP contribution < -0.4 is 5.32 Å². The third-order valence-electron chi connectivity index (χ3n) is 6.88. The van der Waals surface area contributed by atoms with E-state index in [9.17, 15) is 8.78 Å². The molecule has 0 saturated carbocycles. The van der Waals surface area contributed by atoms with Gasteiger partial charge in [-0.05, 0) is 63.2 Å². The van der Waals surface area contributed by atoms with Crippen molar-refractivity contribution in [2.45, 2.75) is 40.3 Å². The standard InChI is InChI=1S/C27H32F2N8/c1-5-35-8-10-36(11-9-35)16-20-6-7-25(34-33-20)32-26-14-21(23(29)15-30-26)19-12-22(28)27-24(13-19)37(17(2)3)18(4)31-27/h6-7,12-15,17H,5,8-11,16H2,1-4H3,(H,30,32,34). The minimum atomic E-state index is -0.541. The van der Waals surface area contributed by atoms with Gasteiger partial charge in [-0.15, -0.1) is 5.10 Å². The van der Waals surface area contributed by atoms with Gasteiger partial charge in [-0.2, -0.15) is 5.10 Å². The van der Waals surface area contributed by atoms with Crippen LogP contribution in [0.15, 0.2) is 36.5 Å². The van der Waals surface area contributed by atoms with Crippen molar-refractivity contribution in [3.63, 3.8) is 0 Å². The third kappa shape index (κ3) is 5.30. The van der Waals surface area contributed by atoms with E-state index in [0.717, 1.165) is 51.2 Å². The second-order valence-electron chi connectivity index (χ2n) is 9.74. The number of fused-ring (bicyclic) bond motifs is 1. The molecule has 1 aliphatic rings. The van der Waals surface area contributed by atoms with Crippen molar-refractivity contribution in [2.24, 2.45) is 0 Å². The highest BCUT2D eigenvalue weighted by molar-refractivity contribution is 5.84. The molecule has 0 unspecified atom stereocenters. The Bertz CT molecular complexity index is 1390. The monoisotopic (exact) mass is 506 g/mol. The fourth-order valence-corrected chi connectivity index (χ4v) is 4.94. The van der Waals surface area contributed by atoms with Gasteiger partial charge in [0.15, 0.2) is 11.6 Å². The van der Waals surface area contributed by atoms with Gasteiger partial charge < -0.3 is 14.8 Å². The molecule has 4 heterocycles. The summed E-state index contributed by atoms with van der Waals surface area (Å²) in [5.41, 5.74) is 2.46. The van der Waals surface area contributed by atoms with Crippen LogP contribution in [0.25, 0.3) is 22.2 Å². The van der Waals surface area contributed by atoms with E-state index < -0.39 is 11.6 Å². The number of benzene rings is 1. The number of rotatable bonds is 7. The molecule has 3 aromatic heterocycles. The molecule has 0 atom stereocenters. The van der Waals surface area contributed by atoms with Crippen LogP contribution in [0.5, 0.6) is 0 Å². The fourth-order valence-electron chi connectivity index (χ4n) is 4.94. The summed E-state index contributed by atoms with van der Waals surface area (Å²) < 4.78 is 31.7. The van der Waals surface area contributed by atoms with E-state index in [0.29, 0.717) is 28.5 Å². The minimum Gasteiger partial charge on any atom is -0.326 e. The van der Waals surface area contributed by atoms with Gasteiger partial charge >= 0.3 is 0 Å². The van der Waals surface area contributed by atoms with Gasteiger partial charge in [-0.3, -0.25) is 4.90 Å². The molecule has 10 heteroatoms. The number of imidazole rings is 1. The molecule has 0 spiro atoms. The van der Waals surface area contributed by atoms with E-state index in [1.54, 1.807) is 12.1 Å². The summed E-state index contributed by atoms with van der Waals surface area (Å²) in [6, 6.07) is 8.50. The number of nitrogens with zero attached hydrogens (tertiary/aromatic N) is 7. The Balaban J connectivity index is 1.35. The Morgan fingerprint density at radius 3 is 2.38 bits per heavy atom. The minimum absolute atomic E-state index is 0.0849. The van der Waals surface area contributed by atoms with Crippen LogP contribution >= 0.6 is 0 Å². The molecular formula is C27H32F2N8. The zero-order valence-corrected chi connectivity index (χ0v) is 21.7. The zero-order valence-electron chi connectivity index (χ0n) is 21.7. The Hall–Kier alpha value is -3.50. The maximum absolute atomic E-state index is 15.0. The first-order valence-electron chi connectivity index (χ1n) is 12.7. The number of piperazine rings is 1. The average Bonchev–Trinajstić information content (AvgIpc) is 3.23. The molecule has 1 fully saturated rings. The van der Waals surface area contributed by atoms with Gasteiger partial charge in [-0.1, -0.05) is 6.92 Å². The highest BCUT2D eigenvalue weighted by Gasteiger charge is 2.18. The van der Waals surface area contributed by atoms with Crippen LogP contribution in [0.2, 0.25) is 0 Å². The van der Waals surface area contributed by atoms with Crippen molar-refractivity contribution in [2.75, 3.05) is 38.0 Å². The summed E-state index contributed by atoms with van der Waals surface area (Å²) in [6.07, 6.45) is 1.13. The number of likely N-dealkylation sites (N-methyl/N-ethyl adjacent to an activating group) is 1. The normalized spacial score (nSPS) is 15.1. The predicted octanol–water partition coefficient (Wildman–Crippen LogP) is 4.94. The summed E-state index contributed by atoms with van der Waals surface area (Å²) in [7, 11) is 0. The SMILES string of the molecule is CCN1CCN(Cc2ccc(Nc3cc(-c4cc(F)c5nc(C)n(C(C)C)c5c4)c(F)cn3)nn2)CC1. The van der Waals surface area contributed by atoms with E-state index >= 15 is 0 Å². The molecule has 0 radical (unpaired) electrons. The summed E-state index contributed by atoms with van der Waals surface area (Å²) in [4.78, 5) is 13.3. The van der Waals surface area contributed by atoms with Gasteiger partial charge in [0, 0.05) is 44.3 Å². The molecule has 0 amide bonds. The molecule has 0 aliphatic carbocycles. The molecule has 194 valence electrons. The number of nitrogens with one attached hydrogen (secondary N) is 1. The summed E-state index contributed by atoms with van der Waals surface area (Å²) in [5.74, 6) is 0.575. The van der Waals surface area contributed by atoms with Crippen LogP contribution in [-0.2, 0) is 6.54 Å². The Labute approximate surface area is 215 Å². The largest absolute Gasteiger partial charge is 0.326 e. The molecular weight excluding hydrogens is 474 g/mol. The fraction of sp³-hybridized carbons (Fsp3) is 0.407. The van der Waals surface area contributed by atoms with Crippen LogP contribution in [0.3, 0.4) is 0 Å². The number of anilines is 2. The third-order valence-corrected chi connectivity index (χ3v) is 6.88. The second-order valence-corrected chi connectivity index (χ2v) is 9.74.